The molecule has 1 aliphatic rings. The predicted octanol–water partition coefficient (Wildman–Crippen LogP) is 2.81. The minimum Gasteiger partial charge on any atom is -0.550 e. The van der Waals surface area contributed by atoms with Gasteiger partial charge in [0.2, 0.25) is 0 Å². The molecule has 0 spiro atoms. The first-order valence-corrected chi connectivity index (χ1v) is 13.5. The summed E-state index contributed by atoms with van der Waals surface area (Å²) in [6, 6.07) is 10.7. The van der Waals surface area contributed by atoms with Crippen LogP contribution in [0.2, 0.25) is 5.02 Å². The Morgan fingerprint density at radius 1 is 1.23 bits per heavy atom. The second-order valence-electron chi connectivity index (χ2n) is 10.0. The van der Waals surface area contributed by atoms with Gasteiger partial charge in [0.25, 0.3) is 5.91 Å². The molecular weight excluding hydrogens is 584 g/mol. The van der Waals surface area contributed by atoms with Crippen LogP contribution in [0.5, 0.6) is 11.5 Å². The van der Waals surface area contributed by atoms with Crippen molar-refractivity contribution in [2.45, 2.75) is 38.9 Å². The van der Waals surface area contributed by atoms with Crippen molar-refractivity contribution in [2.75, 3.05) is 32.3 Å². The fourth-order valence-corrected chi connectivity index (χ4v) is 5.65. The van der Waals surface area contributed by atoms with Crippen molar-refractivity contribution < 1.29 is 34.0 Å². The number of aliphatic hydroxyl groups is 1. The number of fused-ring (bicyclic) bond motifs is 1. The predicted molar refractivity (Wildman–Crippen MR) is 151 cm³/mol. The topological polar surface area (TPSA) is 121 Å². The van der Waals surface area contributed by atoms with Gasteiger partial charge >= 0.3 is 37.7 Å². The monoisotopic (exact) mass is 613 g/mol. The molecule has 0 aliphatic carbocycles. The number of carboxylic acids is 1. The largest absolute Gasteiger partial charge is 2.00 e. The molecule has 9 nitrogen and oxygen atoms in total. The van der Waals surface area contributed by atoms with E-state index >= 15 is 0 Å². The molecule has 2 aromatic carbocycles. The molecule has 0 fully saturated rings. The molecule has 1 aromatic heterocycles. The molecule has 0 bridgehead atoms. The van der Waals surface area contributed by atoms with Gasteiger partial charge in [-0.1, -0.05) is 37.6 Å². The fraction of sp³-hybridized carbons (Fsp3) is 0.393. The van der Waals surface area contributed by atoms with E-state index in [0.29, 0.717) is 43.2 Å². The number of halogens is 1. The van der Waals surface area contributed by atoms with E-state index in [9.17, 15) is 19.8 Å². The summed E-state index contributed by atoms with van der Waals surface area (Å²) in [5.41, 5.74) is 1.27. The number of carbonyl (C=O) groups is 2. The van der Waals surface area contributed by atoms with Crippen LogP contribution in [0.4, 0.5) is 5.69 Å². The third kappa shape index (κ3) is 7.28. The molecule has 4 rings (SSSR count). The van der Waals surface area contributed by atoms with E-state index in [-0.39, 0.29) is 69.6 Å². The number of nitrogens with zero attached hydrogens (tertiary/aromatic N) is 2. The molecule has 0 saturated carbocycles. The standard InChI is InChI=1S/C28H31ClN2O7S.Ca/c1-28(2,15-32)14-31-20-9-8-16(29)10-19(20)25(18-6-5-7-21(36-3)26(18)37-4)38-22(27(31)35)12-23-30-13-17(39-23)11-24(33)34;/h5-10,13,22,25,32H,11-12,14-15H2,1-4H3,(H,33,34);/q;+2/p-1/t22-,25-;/m1./s1. The van der Waals surface area contributed by atoms with Crippen molar-refractivity contribution >= 4 is 78.2 Å². The molecule has 2 heterocycles. The van der Waals surface area contributed by atoms with E-state index in [1.54, 1.807) is 29.2 Å². The van der Waals surface area contributed by atoms with Crippen LogP contribution >= 0.6 is 22.9 Å². The molecule has 3 aromatic rings. The number of thiazole rings is 1. The van der Waals surface area contributed by atoms with Gasteiger partial charge < -0.3 is 34.1 Å². The van der Waals surface area contributed by atoms with Crippen LogP contribution < -0.4 is 19.5 Å². The molecular formula is C28H30CaClN2O7S+. The summed E-state index contributed by atoms with van der Waals surface area (Å²) in [4.78, 5) is 31.7. The Labute approximate surface area is 272 Å². The van der Waals surface area contributed by atoms with Crippen molar-refractivity contribution in [3.63, 3.8) is 0 Å². The van der Waals surface area contributed by atoms with Gasteiger partial charge in [0.1, 0.15) is 12.2 Å². The zero-order chi connectivity index (χ0) is 28.3. The Kier molecular flexibility index (Phi) is 11.3. The average Bonchev–Trinajstić information content (AvgIpc) is 3.30. The first-order valence-electron chi connectivity index (χ1n) is 12.3. The molecule has 208 valence electrons. The second-order valence-corrected chi connectivity index (χ2v) is 11.6. The number of aliphatic carboxylic acids is 1. The number of hydrogen-bond donors (Lipinski definition) is 1. The molecule has 1 N–H and O–H groups in total. The quantitative estimate of drug-likeness (QED) is 0.347. The van der Waals surface area contributed by atoms with Gasteiger partial charge in [0.05, 0.1) is 19.2 Å². The number of ether oxygens (including phenoxy) is 3. The molecule has 0 saturated heterocycles. The summed E-state index contributed by atoms with van der Waals surface area (Å²) >= 11 is 7.64. The smallest absolute Gasteiger partial charge is 0.550 e. The van der Waals surface area contributed by atoms with E-state index in [1.165, 1.54) is 31.8 Å². The molecule has 40 heavy (non-hydrogen) atoms. The number of rotatable bonds is 10. The normalized spacial score (nSPS) is 17.1. The zero-order valence-electron chi connectivity index (χ0n) is 22.8. The molecule has 0 radical (unpaired) electrons. The number of methoxy groups -OCH3 is 2. The number of benzene rings is 2. The summed E-state index contributed by atoms with van der Waals surface area (Å²) in [7, 11) is 3.07. The molecule has 12 heteroatoms. The number of aromatic nitrogens is 1. The van der Waals surface area contributed by atoms with Gasteiger partial charge in [-0.15, -0.1) is 11.3 Å². The number of carboxylic acid groups (broad SMARTS) is 1. The summed E-state index contributed by atoms with van der Waals surface area (Å²) in [6.07, 6.45) is -0.449. The first kappa shape index (κ1) is 32.6. The van der Waals surface area contributed by atoms with Gasteiger partial charge in [-0.2, -0.15) is 0 Å². The second kappa shape index (κ2) is 13.8. The maximum Gasteiger partial charge on any atom is 2.00 e. The van der Waals surface area contributed by atoms with Crippen LogP contribution in [0, 0.1) is 5.41 Å². The van der Waals surface area contributed by atoms with Crippen molar-refractivity contribution in [3.8, 4) is 11.5 Å². The van der Waals surface area contributed by atoms with E-state index < -0.39 is 23.6 Å². The van der Waals surface area contributed by atoms with Crippen LogP contribution in [0.15, 0.2) is 42.6 Å². The van der Waals surface area contributed by atoms with E-state index in [0.717, 1.165) is 0 Å². The van der Waals surface area contributed by atoms with Gasteiger partial charge in [0.15, 0.2) is 11.5 Å². The Bertz CT molecular complexity index is 1370. The van der Waals surface area contributed by atoms with Crippen LogP contribution in [-0.4, -0.2) is 93.2 Å². The van der Waals surface area contributed by atoms with Crippen LogP contribution in [0.3, 0.4) is 0 Å². The molecule has 1 aliphatic heterocycles. The number of anilines is 1. The van der Waals surface area contributed by atoms with Gasteiger partial charge in [-0.25, -0.2) is 4.98 Å². The van der Waals surface area contributed by atoms with Crippen molar-refractivity contribution in [1.29, 1.82) is 0 Å². The number of carbonyl (C=O) groups excluding carboxylic acids is 2. The van der Waals surface area contributed by atoms with E-state index in [1.807, 2.05) is 26.0 Å². The zero-order valence-corrected chi connectivity index (χ0v) is 26.6. The van der Waals surface area contributed by atoms with Gasteiger partial charge in [-0.05, 0) is 24.3 Å². The van der Waals surface area contributed by atoms with E-state index in [4.69, 9.17) is 25.8 Å². The fourth-order valence-electron chi connectivity index (χ4n) is 4.53. The average molecular weight is 614 g/mol. The number of amides is 1. The third-order valence-electron chi connectivity index (χ3n) is 6.41. The minimum atomic E-state index is -1.21. The van der Waals surface area contributed by atoms with Gasteiger partial charge in [0, 0.05) is 70.3 Å². The SMILES string of the molecule is COc1cccc([C@H]2O[C@H](Cc3ncc(CC(=O)[O-])s3)C(=O)N(CC(C)(C)CO)c3ccc(Cl)cc32)c1OC.[Ca+2]. The maximum atomic E-state index is 14.1. The summed E-state index contributed by atoms with van der Waals surface area (Å²) in [5, 5.41) is 22.1. The van der Waals surface area contributed by atoms with Crippen molar-refractivity contribution in [2.24, 2.45) is 5.41 Å². The summed E-state index contributed by atoms with van der Waals surface area (Å²) in [6.45, 7) is 3.81. The number of aliphatic hydroxyl groups excluding tert-OH is 1. The van der Waals surface area contributed by atoms with Crippen LogP contribution in [-0.2, 0) is 27.2 Å². The van der Waals surface area contributed by atoms with Crippen LogP contribution in [0.1, 0.15) is 41.0 Å². The van der Waals surface area contributed by atoms with Crippen molar-refractivity contribution in [1.82, 2.24) is 4.98 Å². The first-order chi connectivity index (χ1) is 18.6. The summed E-state index contributed by atoms with van der Waals surface area (Å²) < 4.78 is 17.8. The van der Waals surface area contributed by atoms with Gasteiger partial charge in [-0.3, -0.25) is 4.79 Å². The Morgan fingerprint density at radius 2 is 1.98 bits per heavy atom. The number of para-hydroxylation sites is 1. The Morgan fingerprint density at radius 3 is 2.62 bits per heavy atom. The van der Waals surface area contributed by atoms with Crippen LogP contribution in [0.25, 0.3) is 0 Å². The molecule has 1 amide bonds. The van der Waals surface area contributed by atoms with Crippen molar-refractivity contribution in [3.05, 3.63) is 68.6 Å². The summed E-state index contributed by atoms with van der Waals surface area (Å²) in [5.74, 6) is -0.570. The maximum absolute atomic E-state index is 14.1. The third-order valence-corrected chi connectivity index (χ3v) is 7.67. The molecule has 0 unspecified atom stereocenters. The number of hydrogen-bond acceptors (Lipinski definition) is 9. The Hall–Kier alpha value is -1.92. The van der Waals surface area contributed by atoms with E-state index in [2.05, 4.69) is 4.98 Å². The molecule has 2 atom stereocenters. The Balaban J connectivity index is 0.00000441. The minimum absolute atomic E-state index is 0.